The van der Waals surface area contributed by atoms with E-state index >= 15 is 0 Å². The van der Waals surface area contributed by atoms with Crippen LogP contribution in [0.25, 0.3) is 0 Å². The van der Waals surface area contributed by atoms with Crippen LogP contribution in [0.3, 0.4) is 0 Å². The van der Waals surface area contributed by atoms with Gasteiger partial charge in [0, 0.05) is 17.6 Å². The van der Waals surface area contributed by atoms with Crippen molar-refractivity contribution in [3.8, 4) is 0 Å². The van der Waals surface area contributed by atoms with Crippen molar-refractivity contribution in [2.24, 2.45) is 0 Å². The molecular weight excluding hydrogens is 352 g/mol. The van der Waals surface area contributed by atoms with Crippen LogP contribution < -0.4 is 16.2 Å². The van der Waals surface area contributed by atoms with Crippen molar-refractivity contribution in [2.75, 3.05) is 0 Å². The number of carbonyl (C=O) groups excluding carboxylic acids is 1. The van der Waals surface area contributed by atoms with Gasteiger partial charge in [0.15, 0.2) is 0 Å². The number of benzene rings is 2. The summed E-state index contributed by atoms with van der Waals surface area (Å²) >= 11 is 11.6. The molecule has 0 spiro atoms. The second kappa shape index (κ2) is 7.49. The van der Waals surface area contributed by atoms with Gasteiger partial charge in [0.05, 0.1) is 5.02 Å². The third-order valence-electron chi connectivity index (χ3n) is 3.94. The van der Waals surface area contributed by atoms with Crippen LogP contribution in [-0.4, -0.2) is 11.9 Å². The highest BCUT2D eigenvalue weighted by Crippen LogP contribution is 2.23. The Morgan fingerprint density at radius 3 is 2.62 bits per heavy atom. The van der Waals surface area contributed by atoms with Gasteiger partial charge in [0.2, 0.25) is 5.91 Å². The van der Waals surface area contributed by atoms with Gasteiger partial charge in [-0.25, -0.2) is 15.2 Å². The van der Waals surface area contributed by atoms with Gasteiger partial charge in [0.25, 0.3) is 0 Å². The lowest BCUT2D eigenvalue weighted by Crippen LogP contribution is -2.42. The predicted octanol–water partition coefficient (Wildman–Crippen LogP) is 3.36. The van der Waals surface area contributed by atoms with Gasteiger partial charge in [-0.1, -0.05) is 41.4 Å². The van der Waals surface area contributed by atoms with E-state index in [0.717, 1.165) is 11.1 Å². The number of carbonyl (C=O) groups is 1. The van der Waals surface area contributed by atoms with Gasteiger partial charge in [-0.05, 0) is 41.8 Å². The van der Waals surface area contributed by atoms with Crippen LogP contribution in [0.1, 0.15) is 23.6 Å². The van der Waals surface area contributed by atoms with E-state index in [1.807, 2.05) is 24.3 Å². The Bertz CT molecular complexity index is 739. The van der Waals surface area contributed by atoms with E-state index in [0.29, 0.717) is 18.0 Å². The summed E-state index contributed by atoms with van der Waals surface area (Å²) in [7, 11) is 0. The van der Waals surface area contributed by atoms with Crippen molar-refractivity contribution in [1.82, 2.24) is 16.2 Å². The Hall–Kier alpha value is -1.66. The van der Waals surface area contributed by atoms with Crippen molar-refractivity contribution >= 4 is 29.1 Å². The molecule has 2 unspecified atom stereocenters. The molecule has 2 aromatic rings. The molecule has 0 aromatic heterocycles. The summed E-state index contributed by atoms with van der Waals surface area (Å²) in [6, 6.07) is 11.6. The first kappa shape index (κ1) is 17.2. The van der Waals surface area contributed by atoms with Crippen LogP contribution in [-0.2, 0) is 11.3 Å². The maximum absolute atomic E-state index is 13.1. The molecule has 2 aromatic carbocycles. The van der Waals surface area contributed by atoms with E-state index in [4.69, 9.17) is 23.2 Å². The van der Waals surface area contributed by atoms with Crippen LogP contribution in [0, 0.1) is 5.82 Å². The van der Waals surface area contributed by atoms with Gasteiger partial charge >= 0.3 is 0 Å². The summed E-state index contributed by atoms with van der Waals surface area (Å²) in [5, 5.41) is 3.55. The average molecular weight is 368 g/mol. The lowest BCUT2D eigenvalue weighted by atomic mass is 10.0. The minimum absolute atomic E-state index is 0.0401. The molecule has 1 aliphatic heterocycles. The van der Waals surface area contributed by atoms with Crippen LogP contribution in [0.2, 0.25) is 10.0 Å². The summed E-state index contributed by atoms with van der Waals surface area (Å²) < 4.78 is 13.1. The highest BCUT2D eigenvalue weighted by atomic mass is 35.5. The number of hydrogen-bond acceptors (Lipinski definition) is 3. The fourth-order valence-electron chi connectivity index (χ4n) is 2.60. The molecule has 1 aliphatic rings. The molecule has 0 bridgehead atoms. The zero-order chi connectivity index (χ0) is 17.1. The number of hydrogen-bond donors (Lipinski definition) is 3. The van der Waals surface area contributed by atoms with Crippen LogP contribution in [0.5, 0.6) is 0 Å². The fraction of sp³-hybridized carbons (Fsp3) is 0.235. The Kier molecular flexibility index (Phi) is 5.36. The van der Waals surface area contributed by atoms with Crippen LogP contribution in [0.4, 0.5) is 4.39 Å². The second-order valence-electron chi connectivity index (χ2n) is 5.65. The first-order valence-electron chi connectivity index (χ1n) is 7.51. The van der Waals surface area contributed by atoms with Crippen molar-refractivity contribution in [3.05, 3.63) is 69.5 Å². The zero-order valence-electron chi connectivity index (χ0n) is 12.7. The van der Waals surface area contributed by atoms with Crippen molar-refractivity contribution in [3.63, 3.8) is 0 Å². The lowest BCUT2D eigenvalue weighted by Gasteiger charge is -2.11. The van der Waals surface area contributed by atoms with Gasteiger partial charge in [-0.3, -0.25) is 4.79 Å². The van der Waals surface area contributed by atoms with Gasteiger partial charge < -0.3 is 5.32 Å². The normalized spacial score (nSPS) is 20.1. The fourth-order valence-corrected chi connectivity index (χ4v) is 2.93. The molecule has 0 aliphatic carbocycles. The Balaban J connectivity index is 1.54. The quantitative estimate of drug-likeness (QED) is 0.776. The molecule has 3 rings (SSSR count). The Labute approximate surface area is 149 Å². The standard InChI is InChI=1S/C17H16Cl2FN3O/c18-12-4-2-11(3-5-12)15-8-16(23-22-15)17(24)21-9-10-1-6-14(20)13(19)7-10/h1-7,15-16,22-23H,8-9H2,(H,21,24). The number of nitrogens with one attached hydrogen (secondary N) is 3. The first-order chi connectivity index (χ1) is 11.5. The van der Waals surface area contributed by atoms with Gasteiger partial charge in [-0.2, -0.15) is 0 Å². The highest BCUT2D eigenvalue weighted by molar-refractivity contribution is 6.31. The molecule has 126 valence electrons. The molecule has 1 amide bonds. The molecule has 1 heterocycles. The largest absolute Gasteiger partial charge is 0.351 e. The number of rotatable bonds is 4. The van der Waals surface area contributed by atoms with Crippen molar-refractivity contribution < 1.29 is 9.18 Å². The monoisotopic (exact) mass is 367 g/mol. The van der Waals surface area contributed by atoms with E-state index in [-0.39, 0.29) is 23.0 Å². The summed E-state index contributed by atoms with van der Waals surface area (Å²) in [5.41, 5.74) is 7.92. The number of halogens is 3. The molecule has 1 fully saturated rings. The Morgan fingerprint density at radius 2 is 1.92 bits per heavy atom. The molecule has 24 heavy (non-hydrogen) atoms. The van der Waals surface area contributed by atoms with E-state index in [2.05, 4.69) is 16.2 Å². The van der Waals surface area contributed by atoms with Gasteiger partial charge in [0.1, 0.15) is 11.9 Å². The van der Waals surface area contributed by atoms with E-state index < -0.39 is 5.82 Å². The predicted molar refractivity (Wildman–Crippen MR) is 92.1 cm³/mol. The average Bonchev–Trinajstić information content (AvgIpc) is 3.06. The number of amides is 1. The summed E-state index contributed by atoms with van der Waals surface area (Å²) in [5.74, 6) is -0.598. The van der Waals surface area contributed by atoms with Gasteiger partial charge in [-0.15, -0.1) is 0 Å². The first-order valence-corrected chi connectivity index (χ1v) is 8.26. The molecule has 4 nitrogen and oxygen atoms in total. The number of hydrazine groups is 1. The van der Waals surface area contributed by atoms with E-state index in [9.17, 15) is 9.18 Å². The maximum Gasteiger partial charge on any atom is 0.238 e. The summed E-state index contributed by atoms with van der Waals surface area (Å²) in [6.07, 6.45) is 0.623. The molecule has 0 radical (unpaired) electrons. The highest BCUT2D eigenvalue weighted by Gasteiger charge is 2.29. The van der Waals surface area contributed by atoms with Crippen molar-refractivity contribution in [1.29, 1.82) is 0 Å². The molecule has 2 atom stereocenters. The molecule has 7 heteroatoms. The van der Waals surface area contributed by atoms with Crippen molar-refractivity contribution in [2.45, 2.75) is 25.0 Å². The van der Waals surface area contributed by atoms with E-state index in [1.54, 1.807) is 6.07 Å². The minimum atomic E-state index is -0.473. The minimum Gasteiger partial charge on any atom is -0.351 e. The van der Waals surface area contributed by atoms with Crippen LogP contribution >= 0.6 is 23.2 Å². The summed E-state index contributed by atoms with van der Waals surface area (Å²) in [4.78, 5) is 12.3. The third-order valence-corrected chi connectivity index (χ3v) is 4.48. The van der Waals surface area contributed by atoms with E-state index in [1.165, 1.54) is 12.1 Å². The molecule has 0 saturated carbocycles. The maximum atomic E-state index is 13.1. The van der Waals surface area contributed by atoms with Crippen LogP contribution in [0.15, 0.2) is 42.5 Å². The SMILES string of the molecule is O=C(NCc1ccc(F)c(Cl)c1)C1CC(c2ccc(Cl)cc2)NN1. The zero-order valence-corrected chi connectivity index (χ0v) is 14.2. The second-order valence-corrected chi connectivity index (χ2v) is 6.49. The molecule has 3 N–H and O–H groups in total. The molecule has 1 saturated heterocycles. The third kappa shape index (κ3) is 4.05. The topological polar surface area (TPSA) is 53.2 Å². The smallest absolute Gasteiger partial charge is 0.238 e. The summed E-state index contributed by atoms with van der Waals surface area (Å²) in [6.45, 7) is 0.294. The molecular formula is C17H16Cl2FN3O. The Morgan fingerprint density at radius 1 is 1.17 bits per heavy atom. The lowest BCUT2D eigenvalue weighted by molar-refractivity contribution is -0.123.